The van der Waals surface area contributed by atoms with Gasteiger partial charge in [-0.2, -0.15) is 5.10 Å². The summed E-state index contributed by atoms with van der Waals surface area (Å²) < 4.78 is 41.4. The highest BCUT2D eigenvalue weighted by atomic mass is 19.3. The molecule has 2 N–H and O–H groups in total. The Morgan fingerprint density at radius 3 is 2.65 bits per heavy atom. The number of rotatable bonds is 5. The molecule has 0 spiro atoms. The summed E-state index contributed by atoms with van der Waals surface area (Å²) in [5.74, 6) is -2.43. The third-order valence-corrected chi connectivity index (χ3v) is 7.16. The quantitative estimate of drug-likeness (QED) is 0.282. The minimum atomic E-state index is -2.64. The van der Waals surface area contributed by atoms with Crippen molar-refractivity contribution >= 4 is 21.9 Å². The third-order valence-electron chi connectivity index (χ3n) is 7.16. The maximum absolute atomic E-state index is 14.1. The van der Waals surface area contributed by atoms with Crippen LogP contribution in [0.2, 0.25) is 0 Å². The van der Waals surface area contributed by atoms with E-state index in [1.807, 2.05) is 25.1 Å². The number of imidazole rings is 1. The van der Waals surface area contributed by atoms with Crippen LogP contribution in [0.4, 0.5) is 13.2 Å². The monoisotopic (exact) mass is 540 g/mol. The number of H-pyrrole nitrogens is 2. The van der Waals surface area contributed by atoms with Crippen LogP contribution < -0.4 is 0 Å². The van der Waals surface area contributed by atoms with Crippen molar-refractivity contribution < 1.29 is 13.2 Å². The van der Waals surface area contributed by atoms with E-state index < -0.39 is 5.92 Å². The van der Waals surface area contributed by atoms with Gasteiger partial charge < -0.3 is 4.98 Å². The van der Waals surface area contributed by atoms with Crippen molar-refractivity contribution in [1.29, 1.82) is 0 Å². The summed E-state index contributed by atoms with van der Waals surface area (Å²) in [5, 5.41) is 8.30. The molecular weight excluding hydrogens is 517 g/mol. The van der Waals surface area contributed by atoms with Crippen molar-refractivity contribution in [3.05, 3.63) is 78.3 Å². The van der Waals surface area contributed by atoms with Gasteiger partial charge in [-0.1, -0.05) is 6.07 Å². The zero-order chi connectivity index (χ0) is 27.4. The van der Waals surface area contributed by atoms with Gasteiger partial charge in [0, 0.05) is 54.6 Å². The fourth-order valence-corrected chi connectivity index (χ4v) is 5.32. The number of aromatic amines is 2. The Hall–Kier alpha value is -4.64. The van der Waals surface area contributed by atoms with E-state index in [0.29, 0.717) is 52.5 Å². The van der Waals surface area contributed by atoms with Crippen LogP contribution in [0, 0.1) is 12.7 Å². The predicted molar refractivity (Wildman–Crippen MR) is 145 cm³/mol. The molecule has 1 fully saturated rings. The molecule has 200 valence electrons. The molecule has 0 amide bonds. The molecule has 1 aromatic carbocycles. The van der Waals surface area contributed by atoms with E-state index in [1.165, 1.54) is 12.1 Å². The highest BCUT2D eigenvalue weighted by molar-refractivity contribution is 5.97. The number of alkyl halides is 2. The van der Waals surface area contributed by atoms with Gasteiger partial charge in [0.05, 0.1) is 41.2 Å². The van der Waals surface area contributed by atoms with E-state index in [-0.39, 0.29) is 18.8 Å². The molecular formula is C29H23F3N8. The maximum Gasteiger partial charge on any atom is 0.261 e. The van der Waals surface area contributed by atoms with Gasteiger partial charge in [0.25, 0.3) is 5.92 Å². The summed E-state index contributed by atoms with van der Waals surface area (Å²) in [6.45, 7) is 2.35. The second-order valence-electron chi connectivity index (χ2n) is 10.3. The van der Waals surface area contributed by atoms with Crippen LogP contribution in [0.15, 0.2) is 61.3 Å². The first kappa shape index (κ1) is 24.4. The largest absolute Gasteiger partial charge is 0.335 e. The van der Waals surface area contributed by atoms with Crippen LogP contribution in [-0.4, -0.2) is 59.0 Å². The lowest BCUT2D eigenvalue weighted by molar-refractivity contribution is 0.0115. The van der Waals surface area contributed by atoms with Gasteiger partial charge in [-0.15, -0.1) is 0 Å². The molecule has 6 aromatic rings. The van der Waals surface area contributed by atoms with Crippen LogP contribution in [0.5, 0.6) is 0 Å². The number of benzene rings is 1. The van der Waals surface area contributed by atoms with Gasteiger partial charge in [0.15, 0.2) is 5.82 Å². The fraction of sp³-hybridized carbons (Fsp3) is 0.207. The zero-order valence-corrected chi connectivity index (χ0v) is 21.4. The fourth-order valence-electron chi connectivity index (χ4n) is 5.32. The SMILES string of the molecule is Cc1cc(F)cc(-c2cncc3[nH]c(-c4n[nH]c5cnc(-c6cncc(CN7CCC(F)(F)C7)c6)cc45)nc23)c1. The van der Waals surface area contributed by atoms with Crippen LogP contribution in [0.25, 0.3) is 55.8 Å². The van der Waals surface area contributed by atoms with Crippen molar-refractivity contribution in [2.24, 2.45) is 0 Å². The normalized spacial score (nSPS) is 15.4. The Labute approximate surface area is 226 Å². The molecule has 0 bridgehead atoms. The number of nitrogens with zero attached hydrogens (tertiary/aromatic N) is 6. The van der Waals surface area contributed by atoms with E-state index >= 15 is 0 Å². The number of fused-ring (bicyclic) bond motifs is 2. The molecule has 1 aliphatic heterocycles. The van der Waals surface area contributed by atoms with Crippen molar-refractivity contribution in [1.82, 2.24) is 40.0 Å². The summed E-state index contributed by atoms with van der Waals surface area (Å²) in [4.78, 5) is 23.1. The summed E-state index contributed by atoms with van der Waals surface area (Å²) in [6, 6.07) is 8.67. The molecule has 8 nitrogen and oxygen atoms in total. The average molecular weight is 541 g/mol. The van der Waals surface area contributed by atoms with Crippen molar-refractivity contribution in [3.8, 4) is 33.9 Å². The highest BCUT2D eigenvalue weighted by Crippen LogP contribution is 2.33. The van der Waals surface area contributed by atoms with Gasteiger partial charge in [-0.3, -0.25) is 25.0 Å². The molecule has 40 heavy (non-hydrogen) atoms. The van der Waals surface area contributed by atoms with Crippen LogP contribution >= 0.6 is 0 Å². The number of nitrogens with one attached hydrogen (secondary N) is 2. The van der Waals surface area contributed by atoms with Crippen LogP contribution in [0.1, 0.15) is 17.5 Å². The second-order valence-corrected chi connectivity index (χ2v) is 10.3. The molecule has 0 atom stereocenters. The summed E-state index contributed by atoms with van der Waals surface area (Å²) >= 11 is 0. The number of aromatic nitrogens is 7. The van der Waals surface area contributed by atoms with Crippen LogP contribution in [0.3, 0.4) is 0 Å². The van der Waals surface area contributed by atoms with E-state index in [9.17, 15) is 13.2 Å². The molecule has 0 unspecified atom stereocenters. The second kappa shape index (κ2) is 9.23. The molecule has 0 aliphatic carbocycles. The zero-order valence-electron chi connectivity index (χ0n) is 21.4. The van der Waals surface area contributed by atoms with Gasteiger partial charge in [-0.05, 0) is 47.9 Å². The minimum absolute atomic E-state index is 0.122. The molecule has 11 heteroatoms. The number of aryl methyl sites for hydroxylation is 1. The first-order valence-electron chi connectivity index (χ1n) is 12.8. The van der Waals surface area contributed by atoms with E-state index in [4.69, 9.17) is 4.98 Å². The number of hydrogen-bond donors (Lipinski definition) is 2. The Balaban J connectivity index is 1.25. The number of hydrogen-bond acceptors (Lipinski definition) is 6. The Morgan fingerprint density at radius 2 is 1.82 bits per heavy atom. The molecule has 0 saturated carbocycles. The van der Waals surface area contributed by atoms with E-state index in [2.05, 4.69) is 30.1 Å². The molecule has 7 rings (SSSR count). The van der Waals surface area contributed by atoms with Gasteiger partial charge >= 0.3 is 0 Å². The number of pyridine rings is 3. The minimum Gasteiger partial charge on any atom is -0.335 e. The first-order chi connectivity index (χ1) is 19.3. The van der Waals surface area contributed by atoms with E-state index in [0.717, 1.165) is 27.6 Å². The predicted octanol–water partition coefficient (Wildman–Crippen LogP) is 5.91. The van der Waals surface area contributed by atoms with E-state index in [1.54, 1.807) is 35.9 Å². The lowest BCUT2D eigenvalue weighted by Crippen LogP contribution is -2.24. The van der Waals surface area contributed by atoms with Gasteiger partial charge in [-0.25, -0.2) is 18.2 Å². The molecule has 1 saturated heterocycles. The number of halogens is 3. The first-order valence-corrected chi connectivity index (χ1v) is 12.8. The van der Waals surface area contributed by atoms with Gasteiger partial charge in [0.2, 0.25) is 0 Å². The number of likely N-dealkylation sites (tertiary alicyclic amines) is 1. The topological polar surface area (TPSA) is 99.3 Å². The molecule has 6 heterocycles. The summed E-state index contributed by atoms with van der Waals surface area (Å²) in [7, 11) is 0. The lowest BCUT2D eigenvalue weighted by atomic mass is 10.0. The summed E-state index contributed by atoms with van der Waals surface area (Å²) in [5.41, 5.74) is 7.17. The van der Waals surface area contributed by atoms with Crippen LogP contribution in [-0.2, 0) is 6.54 Å². The van der Waals surface area contributed by atoms with Crippen molar-refractivity contribution in [3.63, 3.8) is 0 Å². The van der Waals surface area contributed by atoms with Gasteiger partial charge in [0.1, 0.15) is 11.5 Å². The Bertz CT molecular complexity index is 1870. The molecule has 5 aromatic heterocycles. The maximum atomic E-state index is 14.1. The standard InChI is InChI=1S/C29H23F3N8/c1-16-4-18(7-20(30)5-16)22-11-34-12-25-26(22)37-28(36-25)27-21-8-23(35-13-24(21)38-39-27)19-6-17(9-33-10-19)14-40-3-2-29(31,32)15-40/h4-13H,2-3,14-15H2,1H3,(H,36,37)(H,38,39). The Kier molecular flexibility index (Phi) is 5.63. The average Bonchev–Trinajstić information content (AvgIpc) is 3.63. The molecule has 1 aliphatic rings. The third kappa shape index (κ3) is 4.47. The van der Waals surface area contributed by atoms with Crippen molar-refractivity contribution in [2.45, 2.75) is 25.8 Å². The smallest absolute Gasteiger partial charge is 0.261 e. The Morgan fingerprint density at radius 1 is 0.950 bits per heavy atom. The molecule has 0 radical (unpaired) electrons. The summed E-state index contributed by atoms with van der Waals surface area (Å²) in [6.07, 6.45) is 8.33. The van der Waals surface area contributed by atoms with Crippen molar-refractivity contribution in [2.75, 3.05) is 13.1 Å². The lowest BCUT2D eigenvalue weighted by Gasteiger charge is -2.15. The highest BCUT2D eigenvalue weighted by Gasteiger charge is 2.37.